The summed E-state index contributed by atoms with van der Waals surface area (Å²) in [5.41, 5.74) is 4.24. The molecule has 1 aliphatic rings. The number of carbonyl (C=O) groups is 1. The summed E-state index contributed by atoms with van der Waals surface area (Å²) in [5.74, 6) is 0.847. The fourth-order valence-electron chi connectivity index (χ4n) is 3.13. The fourth-order valence-corrected chi connectivity index (χ4v) is 3.13. The van der Waals surface area contributed by atoms with Gasteiger partial charge in [-0.3, -0.25) is 4.79 Å². The molecule has 1 N–H and O–H groups in total. The first kappa shape index (κ1) is 13.1. The summed E-state index contributed by atoms with van der Waals surface area (Å²) >= 11 is 0. The molecule has 0 radical (unpaired) electrons. The highest BCUT2D eigenvalue weighted by molar-refractivity contribution is 5.97. The lowest BCUT2D eigenvalue weighted by Gasteiger charge is -2.16. The van der Waals surface area contributed by atoms with Gasteiger partial charge in [-0.15, -0.1) is 0 Å². The number of nitrogens with one attached hydrogen (secondary N) is 1. The van der Waals surface area contributed by atoms with Crippen molar-refractivity contribution in [2.24, 2.45) is 5.92 Å². The molecule has 0 bridgehead atoms. The Morgan fingerprint density at radius 1 is 1.17 bits per heavy atom. The highest BCUT2D eigenvalue weighted by Gasteiger charge is 2.24. The molecule has 1 fully saturated rings. The lowest BCUT2D eigenvalue weighted by atomic mass is 9.99. The average molecular weight is 245 g/mol. The molecule has 0 saturated heterocycles. The van der Waals surface area contributed by atoms with Gasteiger partial charge in [0.05, 0.1) is 0 Å². The van der Waals surface area contributed by atoms with Crippen LogP contribution < -0.4 is 5.32 Å². The van der Waals surface area contributed by atoms with Crippen LogP contribution in [-0.2, 0) is 0 Å². The molecule has 2 unspecified atom stereocenters. The van der Waals surface area contributed by atoms with Crippen LogP contribution in [0.25, 0.3) is 0 Å². The van der Waals surface area contributed by atoms with E-state index >= 15 is 0 Å². The minimum atomic E-state index is 0.101. The van der Waals surface area contributed by atoms with E-state index in [-0.39, 0.29) is 5.91 Å². The van der Waals surface area contributed by atoms with Gasteiger partial charge in [0, 0.05) is 11.6 Å². The van der Waals surface area contributed by atoms with Crippen LogP contribution >= 0.6 is 0 Å². The van der Waals surface area contributed by atoms with Gasteiger partial charge >= 0.3 is 0 Å². The summed E-state index contributed by atoms with van der Waals surface area (Å²) < 4.78 is 0. The van der Waals surface area contributed by atoms with E-state index in [4.69, 9.17) is 0 Å². The van der Waals surface area contributed by atoms with Gasteiger partial charge in [-0.1, -0.05) is 24.6 Å². The summed E-state index contributed by atoms with van der Waals surface area (Å²) in [6, 6.07) is 4.53. The molecule has 2 nitrogen and oxygen atoms in total. The van der Waals surface area contributed by atoms with Crippen molar-refractivity contribution >= 4 is 5.91 Å². The zero-order valence-corrected chi connectivity index (χ0v) is 11.8. The van der Waals surface area contributed by atoms with E-state index in [1.54, 1.807) is 0 Å². The highest BCUT2D eigenvalue weighted by Crippen LogP contribution is 2.25. The van der Waals surface area contributed by atoms with Crippen LogP contribution in [0.4, 0.5) is 0 Å². The largest absolute Gasteiger partial charge is 0.349 e. The molecule has 98 valence electrons. The second-order valence-corrected chi connectivity index (χ2v) is 5.86. The summed E-state index contributed by atoms with van der Waals surface area (Å²) in [6.45, 7) is 8.37. The van der Waals surface area contributed by atoms with Crippen molar-refractivity contribution in [1.82, 2.24) is 5.32 Å². The van der Waals surface area contributed by atoms with E-state index < -0.39 is 0 Å². The molecule has 2 rings (SSSR count). The molecule has 2 heteroatoms. The summed E-state index contributed by atoms with van der Waals surface area (Å²) in [5, 5.41) is 3.19. The monoisotopic (exact) mass is 245 g/mol. The number of rotatable bonds is 2. The van der Waals surface area contributed by atoms with Crippen molar-refractivity contribution in [3.05, 3.63) is 34.4 Å². The van der Waals surface area contributed by atoms with Gasteiger partial charge in [-0.25, -0.2) is 0 Å². The first-order valence-electron chi connectivity index (χ1n) is 6.86. The Morgan fingerprint density at radius 2 is 1.78 bits per heavy atom. The smallest absolute Gasteiger partial charge is 0.252 e. The van der Waals surface area contributed by atoms with E-state index in [0.29, 0.717) is 6.04 Å². The van der Waals surface area contributed by atoms with Gasteiger partial charge in [0.2, 0.25) is 0 Å². The molecule has 0 aromatic heterocycles. The van der Waals surface area contributed by atoms with E-state index in [1.807, 2.05) is 13.8 Å². The van der Waals surface area contributed by atoms with Gasteiger partial charge in [0.25, 0.3) is 5.91 Å². The Balaban J connectivity index is 2.14. The molecular weight excluding hydrogens is 222 g/mol. The molecule has 1 aromatic carbocycles. The number of carbonyl (C=O) groups excluding carboxylic acids is 1. The maximum Gasteiger partial charge on any atom is 0.252 e. The zero-order valence-electron chi connectivity index (χ0n) is 11.8. The van der Waals surface area contributed by atoms with Gasteiger partial charge in [0.15, 0.2) is 0 Å². The van der Waals surface area contributed by atoms with E-state index in [0.717, 1.165) is 35.4 Å². The third-order valence-corrected chi connectivity index (χ3v) is 3.93. The van der Waals surface area contributed by atoms with Gasteiger partial charge in [0.1, 0.15) is 0 Å². The minimum Gasteiger partial charge on any atom is -0.349 e. The normalized spacial score (nSPS) is 23.1. The number of hydrogen-bond donors (Lipinski definition) is 1. The van der Waals surface area contributed by atoms with Crippen LogP contribution in [0.2, 0.25) is 0 Å². The third kappa shape index (κ3) is 2.74. The molecule has 1 aliphatic carbocycles. The number of amides is 1. The third-order valence-electron chi connectivity index (χ3n) is 3.93. The van der Waals surface area contributed by atoms with Crippen LogP contribution in [0.1, 0.15) is 53.2 Å². The van der Waals surface area contributed by atoms with Crippen LogP contribution in [0.5, 0.6) is 0 Å². The Morgan fingerprint density at radius 3 is 2.28 bits per heavy atom. The summed E-state index contributed by atoms with van der Waals surface area (Å²) in [4.78, 5) is 12.3. The van der Waals surface area contributed by atoms with Crippen molar-refractivity contribution in [2.75, 3.05) is 0 Å². The van der Waals surface area contributed by atoms with E-state index in [1.165, 1.54) is 12.0 Å². The van der Waals surface area contributed by atoms with Crippen molar-refractivity contribution in [3.63, 3.8) is 0 Å². The van der Waals surface area contributed by atoms with Crippen LogP contribution in [-0.4, -0.2) is 11.9 Å². The molecule has 1 amide bonds. The topological polar surface area (TPSA) is 29.1 Å². The maximum absolute atomic E-state index is 12.3. The summed E-state index contributed by atoms with van der Waals surface area (Å²) in [7, 11) is 0. The van der Waals surface area contributed by atoms with Crippen molar-refractivity contribution in [1.29, 1.82) is 0 Å². The molecule has 0 heterocycles. The van der Waals surface area contributed by atoms with Gasteiger partial charge in [-0.2, -0.15) is 0 Å². The predicted octanol–water partition coefficient (Wildman–Crippen LogP) is 3.53. The molecule has 2 atom stereocenters. The molecular formula is C16H23NO. The van der Waals surface area contributed by atoms with E-state index in [2.05, 4.69) is 31.3 Å². The first-order chi connectivity index (χ1) is 8.47. The van der Waals surface area contributed by atoms with Gasteiger partial charge in [-0.05, 0) is 57.1 Å². The molecule has 1 saturated carbocycles. The number of benzene rings is 1. The van der Waals surface area contributed by atoms with Crippen molar-refractivity contribution < 1.29 is 4.79 Å². The highest BCUT2D eigenvalue weighted by atomic mass is 16.1. The maximum atomic E-state index is 12.3. The molecule has 18 heavy (non-hydrogen) atoms. The van der Waals surface area contributed by atoms with Crippen molar-refractivity contribution in [3.8, 4) is 0 Å². The number of aryl methyl sites for hydroxylation is 3. The van der Waals surface area contributed by atoms with Crippen LogP contribution in [0, 0.1) is 26.7 Å². The SMILES string of the molecule is Cc1cc(C)c(C(=O)NC2CCC(C)C2)c(C)c1. The average Bonchev–Trinajstić information content (AvgIpc) is 2.62. The fraction of sp³-hybridized carbons (Fsp3) is 0.562. The van der Waals surface area contributed by atoms with Gasteiger partial charge < -0.3 is 5.32 Å². The summed E-state index contributed by atoms with van der Waals surface area (Å²) in [6.07, 6.45) is 3.48. The van der Waals surface area contributed by atoms with Crippen molar-refractivity contribution in [2.45, 2.75) is 53.0 Å². The molecule has 0 aliphatic heterocycles. The quantitative estimate of drug-likeness (QED) is 0.848. The minimum absolute atomic E-state index is 0.101. The Labute approximate surface area is 110 Å². The Kier molecular flexibility index (Phi) is 3.74. The zero-order chi connectivity index (χ0) is 13.3. The first-order valence-corrected chi connectivity index (χ1v) is 6.86. The Hall–Kier alpha value is -1.31. The second kappa shape index (κ2) is 5.13. The standard InChI is InChI=1S/C16H23NO/c1-10-5-6-14(9-10)17-16(18)15-12(3)7-11(2)8-13(15)4/h7-8,10,14H,5-6,9H2,1-4H3,(H,17,18). The van der Waals surface area contributed by atoms with Crippen LogP contribution in [0.15, 0.2) is 12.1 Å². The lowest BCUT2D eigenvalue weighted by Crippen LogP contribution is -2.33. The van der Waals surface area contributed by atoms with E-state index in [9.17, 15) is 4.79 Å². The lowest BCUT2D eigenvalue weighted by molar-refractivity contribution is 0.0936. The molecule has 1 aromatic rings. The molecule has 0 spiro atoms. The Bertz CT molecular complexity index is 441. The number of hydrogen-bond acceptors (Lipinski definition) is 1. The predicted molar refractivity (Wildman–Crippen MR) is 74.9 cm³/mol. The van der Waals surface area contributed by atoms with Crippen LogP contribution in [0.3, 0.4) is 0 Å². The second-order valence-electron chi connectivity index (χ2n) is 5.86.